The molecule has 3 rings (SSSR count). The Balaban J connectivity index is 1.66. The minimum absolute atomic E-state index is 0.0198. The lowest BCUT2D eigenvalue weighted by Gasteiger charge is -2.35. The number of aliphatic carboxylic acids is 1. The van der Waals surface area contributed by atoms with Crippen molar-refractivity contribution >= 4 is 23.5 Å². The number of rotatable bonds is 3. The van der Waals surface area contributed by atoms with Crippen molar-refractivity contribution in [2.45, 2.75) is 31.5 Å². The quantitative estimate of drug-likeness (QED) is 0.925. The summed E-state index contributed by atoms with van der Waals surface area (Å²) in [5.41, 5.74) is 1.07. The Labute approximate surface area is 133 Å². The number of carbonyl (C=O) groups is 2. The molecule has 118 valence electrons. The van der Waals surface area contributed by atoms with Crippen LogP contribution in [0.5, 0.6) is 0 Å². The monoisotopic (exact) mass is 323 g/mol. The maximum Gasteiger partial charge on any atom is 0.334 e. The Kier molecular flexibility index (Phi) is 4.10. The van der Waals surface area contributed by atoms with Crippen LogP contribution < -0.4 is 0 Å². The first kappa shape index (κ1) is 15.3. The lowest BCUT2D eigenvalue weighted by Crippen LogP contribution is -2.52. The van der Waals surface area contributed by atoms with E-state index in [0.717, 1.165) is 12.0 Å². The van der Waals surface area contributed by atoms with E-state index in [4.69, 9.17) is 21.4 Å². The van der Waals surface area contributed by atoms with Gasteiger partial charge in [-0.05, 0) is 37.0 Å². The molecule has 1 amide bonds. The number of carbonyl (C=O) groups excluding carboxylic acids is 1. The van der Waals surface area contributed by atoms with Gasteiger partial charge in [0.15, 0.2) is 6.10 Å². The molecule has 1 aliphatic heterocycles. The molecule has 0 bridgehead atoms. The Morgan fingerprint density at radius 3 is 2.82 bits per heavy atom. The van der Waals surface area contributed by atoms with Crippen LogP contribution in [0.1, 0.15) is 24.8 Å². The van der Waals surface area contributed by atoms with Gasteiger partial charge < -0.3 is 14.7 Å². The van der Waals surface area contributed by atoms with Crippen LogP contribution in [-0.2, 0) is 14.3 Å². The fourth-order valence-corrected chi connectivity index (χ4v) is 3.27. The zero-order valence-corrected chi connectivity index (χ0v) is 13.0. The number of amides is 1. The molecule has 1 heterocycles. The topological polar surface area (TPSA) is 66.8 Å². The van der Waals surface area contributed by atoms with E-state index >= 15 is 0 Å². The van der Waals surface area contributed by atoms with Crippen molar-refractivity contribution in [1.82, 2.24) is 4.90 Å². The summed E-state index contributed by atoms with van der Waals surface area (Å²) in [5, 5.41) is 9.76. The van der Waals surface area contributed by atoms with Crippen molar-refractivity contribution in [1.29, 1.82) is 0 Å². The maximum atomic E-state index is 12.6. The second-order valence-corrected chi connectivity index (χ2v) is 6.46. The molecule has 1 saturated carbocycles. The SMILES string of the molecule is C[C@@H]1CN(C(=O)C2CC2c2cccc(Cl)c2)CC(C(=O)O)O1. The third-order valence-corrected chi connectivity index (χ3v) is 4.47. The fraction of sp³-hybridized carbons (Fsp3) is 0.500. The van der Waals surface area contributed by atoms with Gasteiger partial charge in [0.1, 0.15) is 0 Å². The molecule has 2 fully saturated rings. The molecule has 0 spiro atoms. The van der Waals surface area contributed by atoms with Crippen LogP contribution in [0.4, 0.5) is 0 Å². The molecule has 6 heteroatoms. The first-order valence-electron chi connectivity index (χ1n) is 7.38. The van der Waals surface area contributed by atoms with Crippen molar-refractivity contribution in [2.75, 3.05) is 13.1 Å². The van der Waals surface area contributed by atoms with E-state index in [0.29, 0.717) is 11.6 Å². The highest BCUT2D eigenvalue weighted by atomic mass is 35.5. The summed E-state index contributed by atoms with van der Waals surface area (Å²) in [5.74, 6) is -0.885. The van der Waals surface area contributed by atoms with Gasteiger partial charge in [-0.1, -0.05) is 23.7 Å². The summed E-state index contributed by atoms with van der Waals surface area (Å²) in [4.78, 5) is 25.3. The van der Waals surface area contributed by atoms with E-state index in [9.17, 15) is 9.59 Å². The number of carboxylic acid groups (broad SMARTS) is 1. The molecule has 22 heavy (non-hydrogen) atoms. The van der Waals surface area contributed by atoms with Crippen LogP contribution in [0.25, 0.3) is 0 Å². The molecule has 1 aromatic rings. The number of halogens is 1. The van der Waals surface area contributed by atoms with Gasteiger partial charge >= 0.3 is 5.97 Å². The highest BCUT2D eigenvalue weighted by molar-refractivity contribution is 6.30. The molecule has 4 atom stereocenters. The standard InChI is InChI=1S/C16H18ClNO4/c1-9-7-18(8-14(22-9)16(20)21)15(19)13-6-12(13)10-3-2-4-11(17)5-10/h2-5,9,12-14H,6-8H2,1H3,(H,20,21)/t9-,12?,13?,14?/m1/s1. The first-order valence-corrected chi connectivity index (χ1v) is 7.76. The lowest BCUT2D eigenvalue weighted by molar-refractivity contribution is -0.167. The molecule has 5 nitrogen and oxygen atoms in total. The Morgan fingerprint density at radius 2 is 2.14 bits per heavy atom. The molecule has 0 aromatic heterocycles. The summed E-state index contributed by atoms with van der Waals surface area (Å²) >= 11 is 5.99. The zero-order valence-electron chi connectivity index (χ0n) is 12.2. The predicted octanol–water partition coefficient (Wildman–Crippen LogP) is 2.14. The minimum Gasteiger partial charge on any atom is -0.479 e. The normalized spacial score (nSPS) is 30.9. The van der Waals surface area contributed by atoms with Gasteiger partial charge in [-0.2, -0.15) is 0 Å². The molecule has 1 N–H and O–H groups in total. The molecular weight excluding hydrogens is 306 g/mol. The Morgan fingerprint density at radius 1 is 1.36 bits per heavy atom. The minimum atomic E-state index is -1.02. The van der Waals surface area contributed by atoms with E-state index in [1.165, 1.54) is 0 Å². The highest BCUT2D eigenvalue weighted by Crippen LogP contribution is 2.49. The van der Waals surface area contributed by atoms with Crippen molar-refractivity contribution in [3.8, 4) is 0 Å². The van der Waals surface area contributed by atoms with Gasteiger partial charge in [-0.15, -0.1) is 0 Å². The summed E-state index contributed by atoms with van der Waals surface area (Å²) in [6.45, 7) is 2.36. The molecule has 0 radical (unpaired) electrons. The smallest absolute Gasteiger partial charge is 0.334 e. The maximum absolute atomic E-state index is 12.6. The van der Waals surface area contributed by atoms with E-state index in [2.05, 4.69) is 0 Å². The van der Waals surface area contributed by atoms with Gasteiger partial charge in [0.2, 0.25) is 5.91 Å². The van der Waals surface area contributed by atoms with Gasteiger partial charge in [-0.3, -0.25) is 4.79 Å². The van der Waals surface area contributed by atoms with Crippen LogP contribution in [-0.4, -0.2) is 47.2 Å². The van der Waals surface area contributed by atoms with E-state index < -0.39 is 12.1 Å². The summed E-state index contributed by atoms with van der Waals surface area (Å²) in [6, 6.07) is 7.56. The van der Waals surface area contributed by atoms with Crippen LogP contribution in [0.2, 0.25) is 5.02 Å². The first-order chi connectivity index (χ1) is 10.5. The van der Waals surface area contributed by atoms with Gasteiger partial charge in [0.05, 0.1) is 12.6 Å². The van der Waals surface area contributed by atoms with Crippen LogP contribution in [0.3, 0.4) is 0 Å². The molecule has 2 aliphatic rings. The number of ether oxygens (including phenoxy) is 1. The number of hydrogen-bond acceptors (Lipinski definition) is 3. The molecular formula is C16H18ClNO4. The third kappa shape index (κ3) is 3.10. The number of carboxylic acids is 1. The summed E-state index contributed by atoms with van der Waals surface area (Å²) in [6.07, 6.45) is -0.402. The predicted molar refractivity (Wildman–Crippen MR) is 80.9 cm³/mol. The van der Waals surface area contributed by atoms with Crippen LogP contribution >= 0.6 is 11.6 Å². The largest absolute Gasteiger partial charge is 0.479 e. The number of nitrogens with zero attached hydrogens (tertiary/aromatic N) is 1. The molecule has 1 aliphatic carbocycles. The average molecular weight is 324 g/mol. The van der Waals surface area contributed by atoms with Crippen molar-refractivity contribution < 1.29 is 19.4 Å². The van der Waals surface area contributed by atoms with E-state index in [-0.39, 0.29) is 30.4 Å². The fourth-order valence-electron chi connectivity index (χ4n) is 3.08. The molecule has 1 saturated heterocycles. The Bertz CT molecular complexity index is 606. The van der Waals surface area contributed by atoms with Gasteiger partial charge in [0.25, 0.3) is 0 Å². The Hall–Kier alpha value is -1.59. The summed E-state index contributed by atoms with van der Waals surface area (Å²) in [7, 11) is 0. The van der Waals surface area contributed by atoms with Crippen molar-refractivity contribution in [2.24, 2.45) is 5.92 Å². The highest BCUT2D eigenvalue weighted by Gasteiger charge is 2.47. The number of morpholine rings is 1. The van der Waals surface area contributed by atoms with E-state index in [1.54, 1.807) is 11.8 Å². The number of hydrogen-bond donors (Lipinski definition) is 1. The van der Waals surface area contributed by atoms with E-state index in [1.807, 2.05) is 24.3 Å². The zero-order chi connectivity index (χ0) is 15.9. The van der Waals surface area contributed by atoms with Gasteiger partial charge in [-0.25, -0.2) is 4.79 Å². The lowest BCUT2D eigenvalue weighted by atomic mass is 10.1. The molecule has 1 aromatic carbocycles. The second kappa shape index (κ2) is 5.89. The third-order valence-electron chi connectivity index (χ3n) is 4.23. The van der Waals surface area contributed by atoms with Crippen molar-refractivity contribution in [3.63, 3.8) is 0 Å². The van der Waals surface area contributed by atoms with Crippen LogP contribution in [0, 0.1) is 5.92 Å². The average Bonchev–Trinajstić information content (AvgIpc) is 3.26. The van der Waals surface area contributed by atoms with Crippen LogP contribution in [0.15, 0.2) is 24.3 Å². The summed E-state index contributed by atoms with van der Waals surface area (Å²) < 4.78 is 5.34. The van der Waals surface area contributed by atoms with Crippen molar-refractivity contribution in [3.05, 3.63) is 34.9 Å². The molecule has 3 unspecified atom stereocenters. The number of benzene rings is 1. The van der Waals surface area contributed by atoms with Gasteiger partial charge in [0, 0.05) is 17.5 Å². The second-order valence-electron chi connectivity index (χ2n) is 6.02.